The van der Waals surface area contributed by atoms with E-state index in [-0.39, 0.29) is 5.60 Å². The Morgan fingerprint density at radius 3 is 1.62 bits per heavy atom. The van der Waals surface area contributed by atoms with Gasteiger partial charge < -0.3 is 4.74 Å². The van der Waals surface area contributed by atoms with E-state index in [4.69, 9.17) is 27.9 Å². The molecule has 0 bridgehead atoms. The molecule has 0 aromatic rings. The highest BCUT2D eigenvalue weighted by Gasteiger charge is 2.13. The molecule has 0 saturated carbocycles. The summed E-state index contributed by atoms with van der Waals surface area (Å²) in [6.45, 7) is 5.68. The Balaban J connectivity index is 3.39. The Morgan fingerprint density at radius 1 is 1.25 bits per heavy atom. The van der Waals surface area contributed by atoms with E-state index >= 15 is 0 Å². The maximum Gasteiger partial charge on any atom is 0.207 e. The van der Waals surface area contributed by atoms with Gasteiger partial charge in [0.2, 0.25) is 5.02 Å². The lowest BCUT2D eigenvalue weighted by molar-refractivity contribution is 0.00885. The number of halogens is 2. The van der Waals surface area contributed by atoms with Crippen molar-refractivity contribution in [1.29, 1.82) is 0 Å². The molecule has 0 aliphatic carbocycles. The van der Waals surface area contributed by atoms with Crippen molar-refractivity contribution in [2.24, 2.45) is 0 Å². The molecule has 8 heavy (non-hydrogen) atoms. The standard InChI is InChI=1S/C5H10Cl2O/c1-5(2,3)8-4(6)7/h4H,1-3H3. The van der Waals surface area contributed by atoms with Gasteiger partial charge in [-0.05, 0) is 20.8 Å². The normalized spacial score (nSPS) is 12.8. The van der Waals surface area contributed by atoms with Gasteiger partial charge in [-0.3, -0.25) is 0 Å². The summed E-state index contributed by atoms with van der Waals surface area (Å²) in [7, 11) is 0. The van der Waals surface area contributed by atoms with Gasteiger partial charge in [0.05, 0.1) is 5.60 Å². The van der Waals surface area contributed by atoms with Crippen LogP contribution < -0.4 is 0 Å². The topological polar surface area (TPSA) is 9.23 Å². The number of hydrogen-bond acceptors (Lipinski definition) is 1. The fraction of sp³-hybridized carbons (Fsp3) is 1.00. The third-order valence-corrected chi connectivity index (χ3v) is 0.621. The molecule has 0 aliphatic heterocycles. The highest BCUT2D eigenvalue weighted by molar-refractivity contribution is 6.43. The van der Waals surface area contributed by atoms with E-state index in [0.29, 0.717) is 0 Å². The van der Waals surface area contributed by atoms with Crippen LogP contribution in [0.4, 0.5) is 0 Å². The van der Waals surface area contributed by atoms with Crippen molar-refractivity contribution < 1.29 is 4.74 Å². The fourth-order valence-electron chi connectivity index (χ4n) is 0.267. The summed E-state index contributed by atoms with van der Waals surface area (Å²) in [5.41, 5.74) is -0.242. The third-order valence-electron chi connectivity index (χ3n) is 0.443. The molecule has 0 aromatic heterocycles. The first-order valence-electron chi connectivity index (χ1n) is 2.38. The maximum atomic E-state index is 5.31. The van der Waals surface area contributed by atoms with Crippen molar-refractivity contribution in [2.75, 3.05) is 0 Å². The lowest BCUT2D eigenvalue weighted by Crippen LogP contribution is -2.21. The van der Waals surface area contributed by atoms with Crippen molar-refractivity contribution in [2.45, 2.75) is 31.4 Å². The molecule has 1 nitrogen and oxygen atoms in total. The van der Waals surface area contributed by atoms with Crippen LogP contribution in [0.15, 0.2) is 0 Å². The summed E-state index contributed by atoms with van der Waals surface area (Å²) in [6.07, 6.45) is 0. The van der Waals surface area contributed by atoms with Gasteiger partial charge in [0.15, 0.2) is 0 Å². The molecular weight excluding hydrogens is 147 g/mol. The van der Waals surface area contributed by atoms with Gasteiger partial charge in [0.1, 0.15) is 0 Å². The summed E-state index contributed by atoms with van der Waals surface area (Å²) < 4.78 is 4.97. The second-order valence-corrected chi connectivity index (χ2v) is 3.51. The zero-order valence-electron chi connectivity index (χ0n) is 5.24. The maximum absolute atomic E-state index is 5.31. The van der Waals surface area contributed by atoms with Crippen LogP contribution in [0.25, 0.3) is 0 Å². The molecule has 0 aliphatic rings. The molecule has 0 heterocycles. The zero-order valence-corrected chi connectivity index (χ0v) is 6.75. The quantitative estimate of drug-likeness (QED) is 0.531. The summed E-state index contributed by atoms with van der Waals surface area (Å²) >= 11 is 10.6. The lowest BCUT2D eigenvalue weighted by Gasteiger charge is -2.19. The molecule has 0 fully saturated rings. The van der Waals surface area contributed by atoms with Crippen molar-refractivity contribution in [3.63, 3.8) is 0 Å². The molecule has 0 saturated heterocycles. The highest BCUT2D eigenvalue weighted by atomic mass is 35.5. The molecular formula is C5H10Cl2O. The van der Waals surface area contributed by atoms with E-state index in [9.17, 15) is 0 Å². The van der Waals surface area contributed by atoms with Crippen LogP contribution in [0.5, 0.6) is 0 Å². The summed E-state index contributed by atoms with van der Waals surface area (Å²) in [4.78, 5) is 0. The Hall–Kier alpha value is 0.540. The molecule has 0 N–H and O–H groups in total. The van der Waals surface area contributed by atoms with Gasteiger partial charge in [-0.25, -0.2) is 0 Å². The van der Waals surface area contributed by atoms with Crippen LogP contribution in [-0.4, -0.2) is 10.6 Å². The van der Waals surface area contributed by atoms with Gasteiger partial charge in [0, 0.05) is 0 Å². The van der Waals surface area contributed by atoms with E-state index in [1.807, 2.05) is 20.8 Å². The van der Waals surface area contributed by atoms with Crippen LogP contribution in [0.2, 0.25) is 0 Å². The smallest absolute Gasteiger partial charge is 0.207 e. The van der Waals surface area contributed by atoms with Crippen LogP contribution in [0, 0.1) is 0 Å². The monoisotopic (exact) mass is 156 g/mol. The second kappa shape index (κ2) is 2.90. The van der Waals surface area contributed by atoms with E-state index < -0.39 is 5.02 Å². The Labute approximate surface area is 59.9 Å². The summed E-state index contributed by atoms with van der Waals surface area (Å²) in [5, 5.41) is -0.713. The number of alkyl halides is 2. The first kappa shape index (κ1) is 8.54. The molecule has 0 radical (unpaired) electrons. The summed E-state index contributed by atoms with van der Waals surface area (Å²) in [5.74, 6) is 0. The van der Waals surface area contributed by atoms with E-state index in [2.05, 4.69) is 0 Å². The van der Waals surface area contributed by atoms with Crippen LogP contribution in [0.1, 0.15) is 20.8 Å². The minimum atomic E-state index is -0.713. The van der Waals surface area contributed by atoms with Crippen LogP contribution >= 0.6 is 23.2 Å². The number of hydrogen-bond donors (Lipinski definition) is 0. The van der Waals surface area contributed by atoms with Crippen molar-refractivity contribution in [3.05, 3.63) is 0 Å². The molecule has 0 spiro atoms. The van der Waals surface area contributed by atoms with Gasteiger partial charge in [-0.2, -0.15) is 0 Å². The zero-order chi connectivity index (χ0) is 6.78. The second-order valence-electron chi connectivity index (χ2n) is 2.49. The van der Waals surface area contributed by atoms with Crippen molar-refractivity contribution >= 4 is 23.2 Å². The molecule has 0 aromatic carbocycles. The molecule has 0 amide bonds. The van der Waals surface area contributed by atoms with Gasteiger partial charge in [-0.1, -0.05) is 23.2 Å². The number of ether oxygens (including phenoxy) is 1. The minimum Gasteiger partial charge on any atom is -0.343 e. The molecule has 0 rings (SSSR count). The van der Waals surface area contributed by atoms with Gasteiger partial charge >= 0.3 is 0 Å². The molecule has 0 unspecified atom stereocenters. The Morgan fingerprint density at radius 2 is 1.62 bits per heavy atom. The number of rotatable bonds is 1. The fourth-order valence-corrected chi connectivity index (χ4v) is 0.802. The Bertz CT molecular complexity index is 65.3. The lowest BCUT2D eigenvalue weighted by atomic mass is 10.2. The molecule has 3 heteroatoms. The predicted octanol–water partition coefficient (Wildman–Crippen LogP) is 2.56. The average molecular weight is 157 g/mol. The summed E-state index contributed by atoms with van der Waals surface area (Å²) in [6, 6.07) is 0. The predicted molar refractivity (Wildman–Crippen MR) is 36.3 cm³/mol. The first-order valence-corrected chi connectivity index (χ1v) is 3.25. The average Bonchev–Trinajstić information content (AvgIpc) is 1.21. The van der Waals surface area contributed by atoms with Crippen LogP contribution in [0.3, 0.4) is 0 Å². The van der Waals surface area contributed by atoms with Crippen molar-refractivity contribution in [3.8, 4) is 0 Å². The van der Waals surface area contributed by atoms with E-state index in [0.717, 1.165) is 0 Å². The molecule has 50 valence electrons. The van der Waals surface area contributed by atoms with Gasteiger partial charge in [-0.15, -0.1) is 0 Å². The Kier molecular flexibility index (Phi) is 3.10. The highest BCUT2D eigenvalue weighted by Crippen LogP contribution is 2.15. The van der Waals surface area contributed by atoms with E-state index in [1.165, 1.54) is 0 Å². The van der Waals surface area contributed by atoms with Crippen molar-refractivity contribution in [1.82, 2.24) is 0 Å². The largest absolute Gasteiger partial charge is 0.343 e. The van der Waals surface area contributed by atoms with E-state index in [1.54, 1.807) is 0 Å². The molecule has 0 atom stereocenters. The first-order chi connectivity index (χ1) is 3.42. The SMILES string of the molecule is CC(C)(C)OC(Cl)Cl. The minimum absolute atomic E-state index is 0.242. The van der Waals surface area contributed by atoms with Gasteiger partial charge in [0.25, 0.3) is 0 Å². The van der Waals surface area contributed by atoms with Crippen LogP contribution in [-0.2, 0) is 4.74 Å². The third kappa shape index (κ3) is 6.54.